The summed E-state index contributed by atoms with van der Waals surface area (Å²) in [6.45, 7) is 0.807. The van der Waals surface area contributed by atoms with Crippen molar-refractivity contribution in [1.82, 2.24) is 0 Å². The third-order valence-corrected chi connectivity index (χ3v) is 5.08. The maximum Gasteiger partial charge on any atom is 0.283 e. The molecule has 0 atom stereocenters. The third kappa shape index (κ3) is 4.46. The number of carbonyl (C=O) groups excluding carboxylic acids is 2. The summed E-state index contributed by atoms with van der Waals surface area (Å²) in [6.07, 6.45) is 0. The lowest BCUT2D eigenvalue weighted by Gasteiger charge is -2.20. The number of hydrogen-bond acceptors (Lipinski definition) is 7. The monoisotopic (exact) mass is 423 g/mol. The van der Waals surface area contributed by atoms with Gasteiger partial charge in [-0.1, -0.05) is 11.6 Å². The summed E-state index contributed by atoms with van der Waals surface area (Å²) in [5, 5.41) is 14.1. The van der Waals surface area contributed by atoms with E-state index in [9.17, 15) is 19.7 Å². The largest absolute Gasteiger partial charge is 0.486 e. The number of halogens is 1. The lowest BCUT2D eigenvalue weighted by molar-refractivity contribution is -0.387. The molecule has 2 aromatic rings. The van der Waals surface area contributed by atoms with E-state index in [1.54, 1.807) is 12.1 Å². The summed E-state index contributed by atoms with van der Waals surface area (Å²) in [7, 11) is 0. The number of nitrogens with one attached hydrogen (secondary N) is 1. The predicted octanol–water partition coefficient (Wildman–Crippen LogP) is 2.85. The molecule has 1 aliphatic heterocycles. The summed E-state index contributed by atoms with van der Waals surface area (Å²) < 4.78 is 10.9. The van der Waals surface area contributed by atoms with Gasteiger partial charge in [-0.15, -0.1) is 11.8 Å². The van der Waals surface area contributed by atoms with Crippen LogP contribution in [0.5, 0.6) is 11.5 Å². The number of anilines is 1. The number of fused-ring (bicyclic) bond motifs is 1. The molecule has 0 aliphatic carbocycles. The maximum absolute atomic E-state index is 12.3. The van der Waals surface area contributed by atoms with E-state index >= 15 is 0 Å². The standard InChI is InChI=1S/C17H14ClN3O6S/c18-10-6-13-14(27-4-3-26-13)7-11(10)20-16(22)8-28-15-2-1-9(17(19)23)5-12(15)21(24)25/h1-2,5-7H,3-4,8H2,(H2,19,23)(H,20,22). The van der Waals surface area contributed by atoms with Gasteiger partial charge in [-0.05, 0) is 12.1 Å². The van der Waals surface area contributed by atoms with E-state index < -0.39 is 16.7 Å². The Kier molecular flexibility index (Phi) is 5.90. The van der Waals surface area contributed by atoms with E-state index in [2.05, 4.69) is 5.32 Å². The fourth-order valence-corrected chi connectivity index (χ4v) is 3.43. The van der Waals surface area contributed by atoms with Gasteiger partial charge in [0.15, 0.2) is 11.5 Å². The van der Waals surface area contributed by atoms with Crippen molar-refractivity contribution in [1.29, 1.82) is 0 Å². The maximum atomic E-state index is 12.3. The van der Waals surface area contributed by atoms with Crippen LogP contribution in [-0.2, 0) is 4.79 Å². The molecule has 11 heteroatoms. The van der Waals surface area contributed by atoms with Crippen LogP contribution in [0.15, 0.2) is 35.2 Å². The average molecular weight is 424 g/mol. The topological polar surface area (TPSA) is 134 Å². The molecule has 3 N–H and O–H groups in total. The molecule has 0 unspecified atom stereocenters. The molecule has 0 saturated heterocycles. The van der Waals surface area contributed by atoms with Crippen LogP contribution in [0.3, 0.4) is 0 Å². The lowest BCUT2D eigenvalue weighted by Crippen LogP contribution is -2.17. The van der Waals surface area contributed by atoms with E-state index in [1.807, 2.05) is 0 Å². The zero-order valence-corrected chi connectivity index (χ0v) is 15.8. The number of benzene rings is 2. The van der Waals surface area contributed by atoms with E-state index in [-0.39, 0.29) is 26.9 Å². The number of thioether (sulfide) groups is 1. The number of carbonyl (C=O) groups is 2. The molecular formula is C17H14ClN3O6S. The summed E-state index contributed by atoms with van der Waals surface area (Å²) in [4.78, 5) is 34.3. The van der Waals surface area contributed by atoms with Crippen LogP contribution in [0.2, 0.25) is 5.02 Å². The van der Waals surface area contributed by atoms with Crippen LogP contribution < -0.4 is 20.5 Å². The lowest BCUT2D eigenvalue weighted by atomic mass is 10.2. The molecule has 1 aliphatic rings. The minimum absolute atomic E-state index is 0.0172. The second-order valence-electron chi connectivity index (χ2n) is 5.62. The van der Waals surface area contributed by atoms with Gasteiger partial charge in [-0.25, -0.2) is 0 Å². The van der Waals surface area contributed by atoms with E-state index in [0.29, 0.717) is 30.4 Å². The number of nitro groups is 1. The number of nitrogens with two attached hydrogens (primary N) is 1. The van der Waals surface area contributed by atoms with Crippen molar-refractivity contribution < 1.29 is 24.0 Å². The highest BCUT2D eigenvalue weighted by atomic mass is 35.5. The zero-order chi connectivity index (χ0) is 20.3. The van der Waals surface area contributed by atoms with Crippen LogP contribution in [0.1, 0.15) is 10.4 Å². The van der Waals surface area contributed by atoms with Gasteiger partial charge in [0.25, 0.3) is 5.69 Å². The Morgan fingerprint density at radius 3 is 2.54 bits per heavy atom. The van der Waals surface area contributed by atoms with Gasteiger partial charge in [0.2, 0.25) is 11.8 Å². The normalized spacial score (nSPS) is 12.3. The van der Waals surface area contributed by atoms with Crippen molar-refractivity contribution in [3.63, 3.8) is 0 Å². The molecule has 0 saturated carbocycles. The first-order chi connectivity index (χ1) is 13.3. The fourth-order valence-electron chi connectivity index (χ4n) is 2.42. The molecule has 1 heterocycles. The second kappa shape index (κ2) is 8.36. The van der Waals surface area contributed by atoms with Gasteiger partial charge < -0.3 is 20.5 Å². The molecule has 2 amide bonds. The first kappa shape index (κ1) is 19.8. The predicted molar refractivity (Wildman–Crippen MR) is 103 cm³/mol. The number of nitrogens with zero attached hydrogens (tertiary/aromatic N) is 1. The minimum atomic E-state index is -0.773. The first-order valence-corrected chi connectivity index (χ1v) is 9.31. The Bertz CT molecular complexity index is 968. The fraction of sp³-hybridized carbons (Fsp3) is 0.176. The third-order valence-electron chi connectivity index (χ3n) is 3.70. The quantitative estimate of drug-likeness (QED) is 0.414. The zero-order valence-electron chi connectivity index (χ0n) is 14.3. The summed E-state index contributed by atoms with van der Waals surface area (Å²) >= 11 is 7.10. The minimum Gasteiger partial charge on any atom is -0.486 e. The van der Waals surface area contributed by atoms with E-state index in [1.165, 1.54) is 12.1 Å². The Balaban J connectivity index is 1.69. The van der Waals surface area contributed by atoms with Crippen LogP contribution in [0.25, 0.3) is 0 Å². The Morgan fingerprint density at radius 2 is 1.89 bits per heavy atom. The molecule has 0 spiro atoms. The molecular weight excluding hydrogens is 410 g/mol. The van der Waals surface area contributed by atoms with Gasteiger partial charge >= 0.3 is 0 Å². The van der Waals surface area contributed by atoms with E-state index in [4.69, 9.17) is 26.8 Å². The molecule has 0 bridgehead atoms. The molecule has 28 heavy (non-hydrogen) atoms. The number of rotatable bonds is 6. The highest BCUT2D eigenvalue weighted by Crippen LogP contribution is 2.38. The van der Waals surface area contributed by atoms with Crippen LogP contribution in [0, 0.1) is 10.1 Å². The molecule has 2 aromatic carbocycles. The Morgan fingerprint density at radius 1 is 1.21 bits per heavy atom. The van der Waals surface area contributed by atoms with Crippen molar-refractivity contribution in [2.75, 3.05) is 24.3 Å². The highest BCUT2D eigenvalue weighted by Gasteiger charge is 2.19. The summed E-state index contributed by atoms with van der Waals surface area (Å²) in [5.41, 5.74) is 5.20. The number of amides is 2. The number of primary amides is 1. The van der Waals surface area contributed by atoms with Crippen LogP contribution in [-0.4, -0.2) is 35.7 Å². The van der Waals surface area contributed by atoms with Crippen molar-refractivity contribution in [3.05, 3.63) is 51.0 Å². The number of hydrogen-bond donors (Lipinski definition) is 2. The van der Waals surface area contributed by atoms with Crippen molar-refractivity contribution in [2.45, 2.75) is 4.90 Å². The van der Waals surface area contributed by atoms with Crippen molar-refractivity contribution in [3.8, 4) is 11.5 Å². The SMILES string of the molecule is NC(=O)c1ccc(SCC(=O)Nc2cc3c(cc2Cl)OCCO3)c([N+](=O)[O-])c1. The van der Waals surface area contributed by atoms with Gasteiger partial charge in [-0.2, -0.15) is 0 Å². The number of ether oxygens (including phenoxy) is 2. The van der Waals surface area contributed by atoms with Gasteiger partial charge in [0, 0.05) is 23.8 Å². The molecule has 9 nitrogen and oxygen atoms in total. The second-order valence-corrected chi connectivity index (χ2v) is 7.04. The average Bonchev–Trinajstić information content (AvgIpc) is 2.66. The van der Waals surface area contributed by atoms with Crippen molar-refractivity contribution in [2.24, 2.45) is 5.73 Å². The summed E-state index contributed by atoms with van der Waals surface area (Å²) in [6, 6.07) is 6.94. The smallest absolute Gasteiger partial charge is 0.283 e. The molecule has 146 valence electrons. The van der Waals surface area contributed by atoms with Crippen molar-refractivity contribution >= 4 is 46.6 Å². The highest BCUT2D eigenvalue weighted by molar-refractivity contribution is 8.00. The van der Waals surface area contributed by atoms with Gasteiger partial charge in [-0.3, -0.25) is 19.7 Å². The Hall–Kier alpha value is -2.98. The van der Waals surface area contributed by atoms with Gasteiger partial charge in [0.05, 0.1) is 26.3 Å². The molecule has 0 aromatic heterocycles. The van der Waals surface area contributed by atoms with E-state index in [0.717, 1.165) is 17.8 Å². The van der Waals surface area contributed by atoms with Gasteiger partial charge in [0.1, 0.15) is 13.2 Å². The van der Waals surface area contributed by atoms with Crippen LogP contribution in [0.4, 0.5) is 11.4 Å². The summed E-state index contributed by atoms with van der Waals surface area (Å²) in [5.74, 6) is -0.339. The number of nitro benzene ring substituents is 1. The molecule has 3 rings (SSSR count). The Labute approximate surface area is 168 Å². The first-order valence-electron chi connectivity index (χ1n) is 7.95. The molecule has 0 fully saturated rings. The van der Waals surface area contributed by atoms with Crippen LogP contribution >= 0.6 is 23.4 Å². The molecule has 0 radical (unpaired) electrons.